The van der Waals surface area contributed by atoms with Gasteiger partial charge < -0.3 is 14.6 Å². The number of aliphatic hydroxyl groups excluding tert-OH is 1. The molecule has 0 bridgehead atoms. The number of aliphatic hydroxyl groups is 1. The third kappa shape index (κ3) is 2.69. The molecule has 17 heavy (non-hydrogen) atoms. The minimum atomic E-state index is -0.398. The van der Waals surface area contributed by atoms with E-state index in [4.69, 9.17) is 9.47 Å². The van der Waals surface area contributed by atoms with Gasteiger partial charge in [-0.15, -0.1) is 0 Å². The maximum Gasteiger partial charge on any atom is 0.161 e. The highest BCUT2D eigenvalue weighted by atomic mass is 32.2. The molecule has 2 unspecified atom stereocenters. The zero-order chi connectivity index (χ0) is 12.3. The van der Waals surface area contributed by atoms with Crippen molar-refractivity contribution in [1.29, 1.82) is 0 Å². The van der Waals surface area contributed by atoms with Crippen LogP contribution in [0.25, 0.3) is 0 Å². The van der Waals surface area contributed by atoms with Crippen LogP contribution in [0.5, 0.6) is 11.5 Å². The molecule has 0 spiro atoms. The third-order valence-corrected chi connectivity index (χ3v) is 4.35. The first-order valence-electron chi connectivity index (χ1n) is 5.74. The average molecular weight is 254 g/mol. The average Bonchev–Trinajstić information content (AvgIpc) is 2.90. The molecule has 94 valence electrons. The van der Waals surface area contributed by atoms with Crippen molar-refractivity contribution < 1.29 is 14.6 Å². The number of hydrogen-bond donors (Lipinski definition) is 1. The molecule has 1 aliphatic heterocycles. The summed E-state index contributed by atoms with van der Waals surface area (Å²) in [6, 6.07) is 5.63. The van der Waals surface area contributed by atoms with Crippen LogP contribution in [0.2, 0.25) is 0 Å². The van der Waals surface area contributed by atoms with Crippen molar-refractivity contribution in [2.75, 3.05) is 25.7 Å². The summed E-state index contributed by atoms with van der Waals surface area (Å²) >= 11 is 1.91. The van der Waals surface area contributed by atoms with E-state index in [1.165, 1.54) is 0 Å². The summed E-state index contributed by atoms with van der Waals surface area (Å²) in [5.74, 6) is 3.92. The molecular weight excluding hydrogens is 236 g/mol. The molecule has 0 amide bonds. The van der Waals surface area contributed by atoms with Gasteiger partial charge in [0, 0.05) is 0 Å². The van der Waals surface area contributed by atoms with Crippen LogP contribution in [0, 0.1) is 5.92 Å². The van der Waals surface area contributed by atoms with Gasteiger partial charge in [0.2, 0.25) is 0 Å². The lowest BCUT2D eigenvalue weighted by molar-refractivity contribution is 0.121. The first-order valence-corrected chi connectivity index (χ1v) is 6.89. The Morgan fingerprint density at radius 3 is 2.65 bits per heavy atom. The van der Waals surface area contributed by atoms with Crippen molar-refractivity contribution in [3.63, 3.8) is 0 Å². The van der Waals surface area contributed by atoms with Crippen LogP contribution in [-0.2, 0) is 0 Å². The third-order valence-electron chi connectivity index (χ3n) is 3.16. The molecule has 3 nitrogen and oxygen atoms in total. The minimum absolute atomic E-state index is 0.359. The van der Waals surface area contributed by atoms with E-state index in [0.717, 1.165) is 23.5 Å². The van der Waals surface area contributed by atoms with Crippen LogP contribution in [-0.4, -0.2) is 30.8 Å². The topological polar surface area (TPSA) is 38.7 Å². The lowest BCUT2D eigenvalue weighted by Crippen LogP contribution is -2.11. The summed E-state index contributed by atoms with van der Waals surface area (Å²) < 4.78 is 10.4. The molecule has 1 saturated heterocycles. The molecular formula is C13H18O3S. The van der Waals surface area contributed by atoms with E-state index < -0.39 is 6.10 Å². The minimum Gasteiger partial charge on any atom is -0.493 e. The van der Waals surface area contributed by atoms with Gasteiger partial charge in [-0.3, -0.25) is 0 Å². The van der Waals surface area contributed by atoms with Crippen molar-refractivity contribution in [3.8, 4) is 11.5 Å². The van der Waals surface area contributed by atoms with E-state index in [9.17, 15) is 5.11 Å². The standard InChI is InChI=1S/C13H18O3S/c1-15-11-4-3-9(7-12(11)16-2)13(14)10-5-6-17-8-10/h3-4,7,10,13-14H,5-6,8H2,1-2H3. The highest BCUT2D eigenvalue weighted by molar-refractivity contribution is 7.99. The molecule has 1 aromatic carbocycles. The Labute approximate surface area is 106 Å². The normalized spacial score (nSPS) is 21.2. The van der Waals surface area contributed by atoms with E-state index in [2.05, 4.69) is 0 Å². The predicted molar refractivity (Wildman–Crippen MR) is 69.9 cm³/mol. The van der Waals surface area contributed by atoms with Crippen molar-refractivity contribution in [1.82, 2.24) is 0 Å². The van der Waals surface area contributed by atoms with E-state index in [0.29, 0.717) is 17.4 Å². The summed E-state index contributed by atoms with van der Waals surface area (Å²) in [7, 11) is 3.22. The van der Waals surface area contributed by atoms with E-state index in [-0.39, 0.29) is 0 Å². The Kier molecular flexibility index (Phi) is 4.18. The monoisotopic (exact) mass is 254 g/mol. The molecule has 0 radical (unpaired) electrons. The fraction of sp³-hybridized carbons (Fsp3) is 0.538. The van der Waals surface area contributed by atoms with Crippen molar-refractivity contribution in [2.45, 2.75) is 12.5 Å². The summed E-state index contributed by atoms with van der Waals surface area (Å²) in [4.78, 5) is 0. The quantitative estimate of drug-likeness (QED) is 0.896. The fourth-order valence-electron chi connectivity index (χ4n) is 2.11. The first-order chi connectivity index (χ1) is 8.26. The van der Waals surface area contributed by atoms with Gasteiger partial charge in [0.15, 0.2) is 11.5 Å². The Bertz CT molecular complexity index is 375. The number of methoxy groups -OCH3 is 2. The summed E-state index contributed by atoms with van der Waals surface area (Å²) in [6.07, 6.45) is 0.685. The molecule has 1 aliphatic rings. The fourth-order valence-corrected chi connectivity index (χ4v) is 3.40. The smallest absolute Gasteiger partial charge is 0.161 e. The lowest BCUT2D eigenvalue weighted by Gasteiger charge is -2.18. The maximum atomic E-state index is 10.3. The van der Waals surface area contributed by atoms with Gasteiger partial charge in [-0.25, -0.2) is 0 Å². The molecule has 1 aromatic rings. The second-order valence-electron chi connectivity index (χ2n) is 4.18. The zero-order valence-electron chi connectivity index (χ0n) is 10.2. The van der Waals surface area contributed by atoms with Crippen molar-refractivity contribution in [3.05, 3.63) is 23.8 Å². The van der Waals surface area contributed by atoms with Crippen LogP contribution in [0.1, 0.15) is 18.1 Å². The Balaban J connectivity index is 2.20. The Hall–Kier alpha value is -0.870. The van der Waals surface area contributed by atoms with Crippen LogP contribution < -0.4 is 9.47 Å². The largest absolute Gasteiger partial charge is 0.493 e. The molecule has 2 atom stereocenters. The van der Waals surface area contributed by atoms with Gasteiger partial charge in [-0.2, -0.15) is 11.8 Å². The first kappa shape index (κ1) is 12.6. The molecule has 0 aromatic heterocycles. The van der Waals surface area contributed by atoms with Gasteiger partial charge in [0.1, 0.15) is 0 Å². The van der Waals surface area contributed by atoms with Crippen LogP contribution in [0.15, 0.2) is 18.2 Å². The van der Waals surface area contributed by atoms with Gasteiger partial charge in [0.05, 0.1) is 20.3 Å². The number of thioether (sulfide) groups is 1. The van der Waals surface area contributed by atoms with Gasteiger partial charge >= 0.3 is 0 Å². The molecule has 1 heterocycles. The van der Waals surface area contributed by atoms with Crippen molar-refractivity contribution in [2.24, 2.45) is 5.92 Å². The highest BCUT2D eigenvalue weighted by Crippen LogP contribution is 2.37. The van der Waals surface area contributed by atoms with Crippen LogP contribution >= 0.6 is 11.8 Å². The maximum absolute atomic E-state index is 10.3. The van der Waals surface area contributed by atoms with E-state index in [1.54, 1.807) is 14.2 Å². The molecule has 4 heteroatoms. The Morgan fingerprint density at radius 1 is 1.29 bits per heavy atom. The Morgan fingerprint density at radius 2 is 2.06 bits per heavy atom. The molecule has 1 fully saturated rings. The number of ether oxygens (including phenoxy) is 2. The van der Waals surface area contributed by atoms with Crippen molar-refractivity contribution >= 4 is 11.8 Å². The number of hydrogen-bond acceptors (Lipinski definition) is 4. The van der Waals surface area contributed by atoms with Crippen LogP contribution in [0.3, 0.4) is 0 Å². The van der Waals surface area contributed by atoms with Gasteiger partial charge in [-0.1, -0.05) is 6.07 Å². The second-order valence-corrected chi connectivity index (χ2v) is 5.33. The molecule has 0 saturated carbocycles. The second kappa shape index (κ2) is 5.65. The molecule has 2 rings (SSSR count). The summed E-state index contributed by atoms with van der Waals surface area (Å²) in [5, 5.41) is 10.3. The predicted octanol–water partition coefficient (Wildman–Crippen LogP) is 2.49. The zero-order valence-corrected chi connectivity index (χ0v) is 11.0. The highest BCUT2D eigenvalue weighted by Gasteiger charge is 2.25. The van der Waals surface area contributed by atoms with Gasteiger partial charge in [0.25, 0.3) is 0 Å². The summed E-state index contributed by atoms with van der Waals surface area (Å²) in [6.45, 7) is 0. The van der Waals surface area contributed by atoms with E-state index >= 15 is 0 Å². The number of rotatable bonds is 4. The van der Waals surface area contributed by atoms with Gasteiger partial charge in [-0.05, 0) is 41.5 Å². The van der Waals surface area contributed by atoms with Crippen LogP contribution in [0.4, 0.5) is 0 Å². The summed E-state index contributed by atoms with van der Waals surface area (Å²) in [5.41, 5.74) is 0.912. The molecule has 1 N–H and O–H groups in total. The lowest BCUT2D eigenvalue weighted by atomic mass is 9.95. The van der Waals surface area contributed by atoms with E-state index in [1.807, 2.05) is 30.0 Å². The number of benzene rings is 1. The molecule has 0 aliphatic carbocycles. The SMILES string of the molecule is COc1ccc(C(O)C2CCSC2)cc1OC.